The van der Waals surface area contributed by atoms with Crippen LogP contribution in [0.2, 0.25) is 5.02 Å². The number of carbonyl (C=O) groups is 2. The van der Waals surface area contributed by atoms with E-state index in [9.17, 15) is 14.0 Å². The summed E-state index contributed by atoms with van der Waals surface area (Å²) in [7, 11) is 0. The molecule has 24 heavy (non-hydrogen) atoms. The van der Waals surface area contributed by atoms with Gasteiger partial charge in [0.15, 0.2) is 0 Å². The molecule has 132 valence electrons. The Kier molecular flexibility index (Phi) is 6.60. The number of carbonyl (C=O) groups excluding carboxylic acids is 2. The summed E-state index contributed by atoms with van der Waals surface area (Å²) in [6, 6.07) is 4.23. The zero-order valence-electron chi connectivity index (χ0n) is 14.2. The van der Waals surface area contributed by atoms with E-state index < -0.39 is 11.7 Å². The first-order valence-corrected chi connectivity index (χ1v) is 8.89. The molecule has 0 saturated carbocycles. The van der Waals surface area contributed by atoms with Crippen molar-refractivity contribution in [2.75, 3.05) is 26.2 Å². The zero-order valence-corrected chi connectivity index (χ0v) is 15.0. The number of rotatable bonds is 4. The number of hydrogen-bond acceptors (Lipinski definition) is 2. The summed E-state index contributed by atoms with van der Waals surface area (Å²) < 4.78 is 14.0. The molecule has 1 fully saturated rings. The maximum atomic E-state index is 14.0. The minimum atomic E-state index is -0.610. The summed E-state index contributed by atoms with van der Waals surface area (Å²) in [5.74, 6) is -0.830. The molecule has 1 heterocycles. The second kappa shape index (κ2) is 8.47. The summed E-state index contributed by atoms with van der Waals surface area (Å²) >= 11 is 5.99. The first kappa shape index (κ1) is 18.7. The number of nitrogens with zero attached hydrogens (tertiary/aromatic N) is 2. The fourth-order valence-electron chi connectivity index (χ4n) is 3.10. The summed E-state index contributed by atoms with van der Waals surface area (Å²) in [6.07, 6.45) is 2.32. The van der Waals surface area contributed by atoms with Crippen molar-refractivity contribution in [3.05, 3.63) is 34.6 Å². The van der Waals surface area contributed by atoms with E-state index in [-0.39, 0.29) is 22.4 Å². The third kappa shape index (κ3) is 4.07. The van der Waals surface area contributed by atoms with E-state index in [1.54, 1.807) is 4.90 Å². The van der Waals surface area contributed by atoms with Gasteiger partial charge in [0, 0.05) is 32.1 Å². The van der Waals surface area contributed by atoms with Crippen LogP contribution in [0, 0.1) is 11.7 Å². The number of hydrogen-bond donors (Lipinski definition) is 0. The van der Waals surface area contributed by atoms with E-state index in [0.717, 1.165) is 12.8 Å². The van der Waals surface area contributed by atoms with Crippen LogP contribution in [0.3, 0.4) is 0 Å². The van der Waals surface area contributed by atoms with E-state index in [4.69, 9.17) is 11.6 Å². The SMILES string of the molecule is CCC(CC)C(=O)N1CCCN(C(=O)c2c(F)cccc2Cl)CC1. The van der Waals surface area contributed by atoms with Crippen LogP contribution in [-0.4, -0.2) is 47.8 Å². The molecule has 0 radical (unpaired) electrons. The standard InChI is InChI=1S/C18H24ClFN2O2/c1-3-13(4-2)17(23)21-9-6-10-22(12-11-21)18(24)16-14(19)7-5-8-15(16)20/h5,7-8,13H,3-4,6,9-12H2,1-2H3. The molecule has 6 heteroatoms. The van der Waals surface area contributed by atoms with Gasteiger partial charge in [0.25, 0.3) is 5.91 Å². The lowest BCUT2D eigenvalue weighted by atomic mass is 10.0. The van der Waals surface area contributed by atoms with Crippen LogP contribution in [0.15, 0.2) is 18.2 Å². The predicted octanol–water partition coefficient (Wildman–Crippen LogP) is 3.59. The van der Waals surface area contributed by atoms with Crippen molar-refractivity contribution < 1.29 is 14.0 Å². The van der Waals surface area contributed by atoms with Gasteiger partial charge in [-0.2, -0.15) is 0 Å². The molecule has 0 aromatic heterocycles. The van der Waals surface area contributed by atoms with Gasteiger partial charge in [-0.1, -0.05) is 31.5 Å². The van der Waals surface area contributed by atoms with Crippen LogP contribution in [0.1, 0.15) is 43.5 Å². The molecule has 2 amide bonds. The van der Waals surface area contributed by atoms with E-state index >= 15 is 0 Å². The number of halogens is 2. The first-order valence-electron chi connectivity index (χ1n) is 8.51. The molecule has 4 nitrogen and oxygen atoms in total. The fourth-order valence-corrected chi connectivity index (χ4v) is 3.34. The summed E-state index contributed by atoms with van der Waals surface area (Å²) in [5.41, 5.74) is -0.0843. The molecule has 1 saturated heterocycles. The molecule has 0 unspecified atom stereocenters. The van der Waals surface area contributed by atoms with E-state index in [0.29, 0.717) is 32.6 Å². The van der Waals surface area contributed by atoms with E-state index in [1.807, 2.05) is 18.7 Å². The average Bonchev–Trinajstić information content (AvgIpc) is 2.81. The topological polar surface area (TPSA) is 40.6 Å². The number of benzene rings is 1. The molecule has 1 aliphatic heterocycles. The lowest BCUT2D eigenvalue weighted by Crippen LogP contribution is -2.40. The van der Waals surface area contributed by atoms with Crippen molar-refractivity contribution in [2.45, 2.75) is 33.1 Å². The van der Waals surface area contributed by atoms with Crippen molar-refractivity contribution in [1.82, 2.24) is 9.80 Å². The molecule has 0 bridgehead atoms. The lowest BCUT2D eigenvalue weighted by Gasteiger charge is -2.25. The highest BCUT2D eigenvalue weighted by molar-refractivity contribution is 6.33. The Morgan fingerprint density at radius 1 is 1.12 bits per heavy atom. The summed E-state index contributed by atoms with van der Waals surface area (Å²) in [4.78, 5) is 28.5. The fraction of sp³-hybridized carbons (Fsp3) is 0.556. The molecule has 0 spiro atoms. The Hall–Kier alpha value is -1.62. The average molecular weight is 355 g/mol. The zero-order chi connectivity index (χ0) is 17.7. The highest BCUT2D eigenvalue weighted by Crippen LogP contribution is 2.22. The Labute approximate surface area is 147 Å². The maximum Gasteiger partial charge on any atom is 0.258 e. The van der Waals surface area contributed by atoms with Crippen LogP contribution in [0.4, 0.5) is 4.39 Å². The third-order valence-corrected chi connectivity index (χ3v) is 4.92. The van der Waals surface area contributed by atoms with Gasteiger partial charge in [0.1, 0.15) is 5.82 Å². The molecule has 0 atom stereocenters. The lowest BCUT2D eigenvalue weighted by molar-refractivity contribution is -0.135. The van der Waals surface area contributed by atoms with E-state index in [2.05, 4.69) is 0 Å². The van der Waals surface area contributed by atoms with Gasteiger partial charge in [0.05, 0.1) is 10.6 Å². The smallest absolute Gasteiger partial charge is 0.258 e. The van der Waals surface area contributed by atoms with Gasteiger partial charge in [-0.25, -0.2) is 4.39 Å². The molecule has 1 aromatic carbocycles. The number of amides is 2. The van der Waals surface area contributed by atoms with Crippen molar-refractivity contribution >= 4 is 23.4 Å². The predicted molar refractivity (Wildman–Crippen MR) is 92.6 cm³/mol. The second-order valence-electron chi connectivity index (χ2n) is 6.08. The van der Waals surface area contributed by atoms with Crippen LogP contribution in [-0.2, 0) is 4.79 Å². The Balaban J connectivity index is 2.08. The van der Waals surface area contributed by atoms with Crippen LogP contribution < -0.4 is 0 Å². The Bertz CT molecular complexity index is 584. The summed E-state index contributed by atoms with van der Waals surface area (Å²) in [6.45, 7) is 6.03. The minimum absolute atomic E-state index is 0.0354. The quantitative estimate of drug-likeness (QED) is 0.829. The molecular formula is C18H24ClFN2O2. The van der Waals surface area contributed by atoms with Gasteiger partial charge < -0.3 is 9.80 Å². The Morgan fingerprint density at radius 2 is 1.75 bits per heavy atom. The monoisotopic (exact) mass is 354 g/mol. The molecule has 1 aromatic rings. The molecular weight excluding hydrogens is 331 g/mol. The van der Waals surface area contributed by atoms with Crippen LogP contribution >= 0.6 is 11.6 Å². The van der Waals surface area contributed by atoms with Gasteiger partial charge in [-0.3, -0.25) is 9.59 Å². The van der Waals surface area contributed by atoms with Crippen molar-refractivity contribution in [3.8, 4) is 0 Å². The van der Waals surface area contributed by atoms with Gasteiger partial charge in [-0.15, -0.1) is 0 Å². The molecule has 2 rings (SSSR count). The van der Waals surface area contributed by atoms with Crippen molar-refractivity contribution in [2.24, 2.45) is 5.92 Å². The highest BCUT2D eigenvalue weighted by Gasteiger charge is 2.27. The van der Waals surface area contributed by atoms with Crippen LogP contribution in [0.5, 0.6) is 0 Å². The van der Waals surface area contributed by atoms with Gasteiger partial charge in [0.2, 0.25) is 5.91 Å². The summed E-state index contributed by atoms with van der Waals surface area (Å²) in [5, 5.41) is 0.120. The van der Waals surface area contributed by atoms with Gasteiger partial charge >= 0.3 is 0 Å². The van der Waals surface area contributed by atoms with Gasteiger partial charge in [-0.05, 0) is 31.4 Å². The second-order valence-corrected chi connectivity index (χ2v) is 6.49. The maximum absolute atomic E-state index is 14.0. The van der Waals surface area contributed by atoms with Crippen molar-refractivity contribution in [3.63, 3.8) is 0 Å². The molecule has 1 aliphatic rings. The van der Waals surface area contributed by atoms with Crippen molar-refractivity contribution in [1.29, 1.82) is 0 Å². The minimum Gasteiger partial charge on any atom is -0.341 e. The highest BCUT2D eigenvalue weighted by atomic mass is 35.5. The van der Waals surface area contributed by atoms with E-state index in [1.165, 1.54) is 18.2 Å². The van der Waals surface area contributed by atoms with Crippen LogP contribution in [0.25, 0.3) is 0 Å². The normalized spacial score (nSPS) is 15.5. The first-order chi connectivity index (χ1) is 11.5. The third-order valence-electron chi connectivity index (χ3n) is 4.61. The molecule has 0 N–H and O–H groups in total. The Morgan fingerprint density at radius 3 is 2.38 bits per heavy atom. The largest absolute Gasteiger partial charge is 0.341 e. The molecule has 0 aliphatic carbocycles.